The van der Waals surface area contributed by atoms with Crippen molar-refractivity contribution in [2.75, 3.05) is 13.2 Å². The third kappa shape index (κ3) is 5.63. The Bertz CT molecular complexity index is 1420. The molecule has 1 aliphatic heterocycles. The zero-order valence-corrected chi connectivity index (χ0v) is 25.6. The van der Waals surface area contributed by atoms with Gasteiger partial charge in [-0.15, -0.1) is 0 Å². The van der Waals surface area contributed by atoms with E-state index in [9.17, 15) is 19.5 Å². The molecule has 40 heavy (non-hydrogen) atoms. The Kier molecular flexibility index (Phi) is 8.78. The topological polar surface area (TPSA) is 93.1 Å². The van der Waals surface area contributed by atoms with Crippen LogP contribution in [0, 0.1) is 3.57 Å². The number of rotatable bonds is 8. The van der Waals surface area contributed by atoms with E-state index < -0.39 is 11.9 Å². The number of allylic oxidation sites excluding steroid dienone is 4. The SMILES string of the molecule is CCOc1cc(C2C3=C(CCCC3=O)N(CC(=O)O)C3=C2C(=O)CCC3)cc(I)c1OCc1ccc(Cl)cc1Cl. The van der Waals surface area contributed by atoms with Crippen LogP contribution in [0.25, 0.3) is 0 Å². The maximum absolute atomic E-state index is 13.5. The Morgan fingerprint density at radius 3 is 2.23 bits per heavy atom. The second kappa shape index (κ2) is 12.1. The zero-order chi connectivity index (χ0) is 28.6. The number of aliphatic carboxylic acids is 1. The summed E-state index contributed by atoms with van der Waals surface area (Å²) in [5.41, 5.74) is 4.03. The van der Waals surface area contributed by atoms with Crippen molar-refractivity contribution in [1.29, 1.82) is 0 Å². The molecule has 1 N–H and O–H groups in total. The first-order valence-corrected chi connectivity index (χ1v) is 15.1. The molecule has 0 saturated carbocycles. The standard InChI is InChI=1S/C30H28Cl2INO6/c1-2-39-25-12-17(11-20(33)30(25)40-15-16-9-10-18(31)13-19(16)32)27-28-21(5-3-7-23(28)35)34(14-26(37)38)22-6-4-8-24(36)29(22)27/h9-13,27H,2-8,14-15H2,1H3,(H,37,38). The molecule has 2 aromatic rings. The molecule has 1 heterocycles. The fourth-order valence-corrected chi connectivity index (χ4v) is 7.07. The van der Waals surface area contributed by atoms with Gasteiger partial charge < -0.3 is 19.5 Å². The molecule has 0 aromatic heterocycles. The fourth-order valence-electron chi connectivity index (χ4n) is 5.82. The Balaban J connectivity index is 1.61. The molecule has 2 aliphatic carbocycles. The van der Waals surface area contributed by atoms with Crippen LogP contribution in [0.4, 0.5) is 0 Å². The fraction of sp³-hybridized carbons (Fsp3) is 0.367. The average Bonchev–Trinajstić information content (AvgIpc) is 2.90. The van der Waals surface area contributed by atoms with Crippen molar-refractivity contribution in [3.63, 3.8) is 0 Å². The summed E-state index contributed by atoms with van der Waals surface area (Å²) in [6.07, 6.45) is 3.22. The largest absolute Gasteiger partial charge is 0.490 e. The summed E-state index contributed by atoms with van der Waals surface area (Å²) < 4.78 is 13.0. The molecule has 0 spiro atoms. The van der Waals surface area contributed by atoms with Gasteiger partial charge in [0.1, 0.15) is 13.2 Å². The Morgan fingerprint density at radius 2 is 1.65 bits per heavy atom. The predicted molar refractivity (Wildman–Crippen MR) is 160 cm³/mol. The number of carboxylic acid groups (broad SMARTS) is 1. The third-order valence-electron chi connectivity index (χ3n) is 7.43. The third-order valence-corrected chi connectivity index (χ3v) is 8.82. The quantitative estimate of drug-likeness (QED) is 0.295. The van der Waals surface area contributed by atoms with Gasteiger partial charge in [-0.2, -0.15) is 0 Å². The Labute approximate surface area is 256 Å². The van der Waals surface area contributed by atoms with Crippen molar-refractivity contribution in [3.8, 4) is 11.5 Å². The number of Topliss-reactive ketones (excluding diaryl/α,β-unsaturated/α-hetero) is 2. The molecule has 2 aromatic carbocycles. The minimum absolute atomic E-state index is 0.0442. The predicted octanol–water partition coefficient (Wildman–Crippen LogP) is 7.07. The maximum atomic E-state index is 13.5. The first kappa shape index (κ1) is 29.0. The van der Waals surface area contributed by atoms with E-state index >= 15 is 0 Å². The van der Waals surface area contributed by atoms with Gasteiger partial charge >= 0.3 is 5.97 Å². The summed E-state index contributed by atoms with van der Waals surface area (Å²) in [5.74, 6) is -0.631. The summed E-state index contributed by atoms with van der Waals surface area (Å²) in [5, 5.41) is 10.7. The molecule has 10 heteroatoms. The van der Waals surface area contributed by atoms with Crippen LogP contribution in [0.2, 0.25) is 10.0 Å². The normalized spacial score (nSPS) is 17.6. The van der Waals surface area contributed by atoms with Crippen molar-refractivity contribution in [1.82, 2.24) is 4.90 Å². The molecule has 5 rings (SSSR count). The van der Waals surface area contributed by atoms with Crippen molar-refractivity contribution in [2.24, 2.45) is 0 Å². The number of carbonyl (C=O) groups excluding carboxylic acids is 2. The average molecular weight is 696 g/mol. The molecule has 0 bridgehead atoms. The second-order valence-electron chi connectivity index (χ2n) is 9.97. The number of carbonyl (C=O) groups is 3. The van der Waals surface area contributed by atoms with Gasteiger partial charge in [0, 0.05) is 56.9 Å². The van der Waals surface area contributed by atoms with Crippen LogP contribution in [0.1, 0.15) is 62.5 Å². The van der Waals surface area contributed by atoms with E-state index in [1.807, 2.05) is 25.1 Å². The molecule has 0 fully saturated rings. The molecule has 0 saturated heterocycles. The highest BCUT2D eigenvalue weighted by Gasteiger charge is 2.44. The van der Waals surface area contributed by atoms with Gasteiger partial charge in [0.15, 0.2) is 23.1 Å². The van der Waals surface area contributed by atoms with E-state index in [0.717, 1.165) is 26.1 Å². The first-order chi connectivity index (χ1) is 19.2. The minimum atomic E-state index is -0.997. The number of hydrogen-bond acceptors (Lipinski definition) is 6. The molecule has 210 valence electrons. The lowest BCUT2D eigenvalue weighted by molar-refractivity contribution is -0.138. The maximum Gasteiger partial charge on any atom is 0.323 e. The Morgan fingerprint density at radius 1 is 1.00 bits per heavy atom. The summed E-state index contributed by atoms with van der Waals surface area (Å²) in [6, 6.07) is 9.00. The van der Waals surface area contributed by atoms with Gasteiger partial charge in [-0.05, 0) is 85.0 Å². The number of halogens is 3. The summed E-state index contributed by atoms with van der Waals surface area (Å²) in [6.45, 7) is 2.18. The van der Waals surface area contributed by atoms with Crippen LogP contribution in [0.5, 0.6) is 11.5 Å². The van der Waals surface area contributed by atoms with Gasteiger partial charge in [0.05, 0.1) is 10.2 Å². The monoisotopic (exact) mass is 695 g/mol. The van der Waals surface area contributed by atoms with Gasteiger partial charge in [-0.1, -0.05) is 29.3 Å². The first-order valence-electron chi connectivity index (χ1n) is 13.2. The van der Waals surface area contributed by atoms with Crippen molar-refractivity contribution < 1.29 is 29.0 Å². The lowest BCUT2D eigenvalue weighted by atomic mass is 9.71. The van der Waals surface area contributed by atoms with Gasteiger partial charge in [0.25, 0.3) is 0 Å². The molecular formula is C30H28Cl2INO6. The second-order valence-corrected chi connectivity index (χ2v) is 12.0. The molecule has 0 amide bonds. The highest BCUT2D eigenvalue weighted by Crippen LogP contribution is 2.50. The van der Waals surface area contributed by atoms with Gasteiger partial charge in [0.2, 0.25) is 0 Å². The minimum Gasteiger partial charge on any atom is -0.490 e. The highest BCUT2D eigenvalue weighted by atomic mass is 127. The highest BCUT2D eigenvalue weighted by molar-refractivity contribution is 14.1. The number of hydrogen-bond donors (Lipinski definition) is 1. The van der Waals surface area contributed by atoms with E-state index in [1.54, 1.807) is 17.0 Å². The van der Waals surface area contributed by atoms with Gasteiger partial charge in [-0.25, -0.2) is 0 Å². The van der Waals surface area contributed by atoms with Crippen LogP contribution < -0.4 is 9.47 Å². The number of benzene rings is 2. The summed E-state index contributed by atoms with van der Waals surface area (Å²) in [7, 11) is 0. The zero-order valence-electron chi connectivity index (χ0n) is 21.9. The smallest absolute Gasteiger partial charge is 0.323 e. The van der Waals surface area contributed by atoms with E-state index in [2.05, 4.69) is 22.6 Å². The van der Waals surface area contributed by atoms with Gasteiger partial charge in [-0.3, -0.25) is 14.4 Å². The van der Waals surface area contributed by atoms with Crippen LogP contribution in [0.3, 0.4) is 0 Å². The van der Waals surface area contributed by atoms with Crippen LogP contribution >= 0.6 is 45.8 Å². The summed E-state index contributed by atoms with van der Waals surface area (Å²) >= 11 is 14.6. The Hall–Kier alpha value is -2.56. The van der Waals surface area contributed by atoms with Crippen LogP contribution in [0.15, 0.2) is 52.9 Å². The lowest BCUT2D eigenvalue weighted by Crippen LogP contribution is -2.41. The molecule has 0 radical (unpaired) electrons. The lowest BCUT2D eigenvalue weighted by Gasteiger charge is -2.43. The van der Waals surface area contributed by atoms with Crippen molar-refractivity contribution in [3.05, 3.63) is 77.6 Å². The van der Waals surface area contributed by atoms with Crippen LogP contribution in [-0.2, 0) is 21.0 Å². The number of carboxylic acids is 1. The van der Waals surface area contributed by atoms with Crippen LogP contribution in [-0.4, -0.2) is 40.7 Å². The molecular weight excluding hydrogens is 668 g/mol. The van der Waals surface area contributed by atoms with E-state index in [4.69, 9.17) is 32.7 Å². The van der Waals surface area contributed by atoms with E-state index in [-0.39, 0.29) is 24.7 Å². The van der Waals surface area contributed by atoms with Crippen molar-refractivity contribution >= 4 is 63.3 Å². The van der Waals surface area contributed by atoms with E-state index in [0.29, 0.717) is 77.8 Å². The summed E-state index contributed by atoms with van der Waals surface area (Å²) in [4.78, 5) is 40.5. The van der Waals surface area contributed by atoms with Crippen molar-refractivity contribution in [2.45, 2.75) is 58.0 Å². The number of ether oxygens (including phenoxy) is 2. The molecule has 7 nitrogen and oxygen atoms in total. The number of ketones is 2. The molecule has 3 aliphatic rings. The molecule has 0 unspecified atom stereocenters. The van der Waals surface area contributed by atoms with E-state index in [1.165, 1.54) is 0 Å². The molecule has 0 atom stereocenters. The number of nitrogens with zero attached hydrogens (tertiary/aromatic N) is 1.